The van der Waals surface area contributed by atoms with E-state index >= 15 is 0 Å². The number of nitrogens with zero attached hydrogens (tertiary/aromatic N) is 4. The van der Waals surface area contributed by atoms with Crippen molar-refractivity contribution in [2.24, 2.45) is 0 Å². The Bertz CT molecular complexity index is 952. The van der Waals surface area contributed by atoms with Gasteiger partial charge in [0.2, 0.25) is 5.89 Å². The zero-order valence-electron chi connectivity index (χ0n) is 16.2. The van der Waals surface area contributed by atoms with Crippen LogP contribution in [0.1, 0.15) is 60.6 Å². The van der Waals surface area contributed by atoms with Gasteiger partial charge in [0.25, 0.3) is 5.91 Å². The normalized spacial score (nSPS) is 17.1. The highest BCUT2D eigenvalue weighted by Crippen LogP contribution is 2.28. The molecule has 1 aromatic carbocycles. The van der Waals surface area contributed by atoms with Gasteiger partial charge in [0.1, 0.15) is 0 Å². The summed E-state index contributed by atoms with van der Waals surface area (Å²) in [4.78, 5) is 23.9. The number of carbonyl (C=O) groups is 1. The summed E-state index contributed by atoms with van der Waals surface area (Å²) in [5, 5.41) is 4.07. The maximum Gasteiger partial charge on any atom is 0.253 e. The molecule has 0 saturated carbocycles. The average molecular weight is 376 g/mol. The molecule has 0 radical (unpaired) electrons. The fourth-order valence-corrected chi connectivity index (χ4v) is 3.54. The van der Waals surface area contributed by atoms with Crippen LogP contribution in [0.25, 0.3) is 11.3 Å². The van der Waals surface area contributed by atoms with Gasteiger partial charge in [-0.1, -0.05) is 37.2 Å². The van der Waals surface area contributed by atoms with Crippen molar-refractivity contribution < 1.29 is 9.32 Å². The molecule has 6 heteroatoms. The van der Waals surface area contributed by atoms with Crippen LogP contribution in [0.2, 0.25) is 0 Å². The molecule has 1 aliphatic rings. The predicted molar refractivity (Wildman–Crippen MR) is 106 cm³/mol. The minimum Gasteiger partial charge on any atom is -0.339 e. The molecular weight excluding hydrogens is 352 g/mol. The molecule has 4 rings (SSSR count). The van der Waals surface area contributed by atoms with Crippen LogP contribution in [0.4, 0.5) is 0 Å². The number of likely N-dealkylation sites (tertiary alicyclic amines) is 1. The van der Waals surface area contributed by atoms with Crippen molar-refractivity contribution in [3.8, 4) is 11.3 Å². The van der Waals surface area contributed by atoms with Crippen molar-refractivity contribution in [1.29, 1.82) is 0 Å². The highest BCUT2D eigenvalue weighted by Gasteiger charge is 2.29. The van der Waals surface area contributed by atoms with Gasteiger partial charge < -0.3 is 9.42 Å². The van der Waals surface area contributed by atoms with Crippen LogP contribution in [0.15, 0.2) is 53.2 Å². The summed E-state index contributed by atoms with van der Waals surface area (Å²) in [7, 11) is 0. The van der Waals surface area contributed by atoms with Crippen molar-refractivity contribution in [1.82, 2.24) is 20.0 Å². The second-order valence-corrected chi connectivity index (χ2v) is 7.53. The number of hydrogen-bond donors (Lipinski definition) is 0. The molecule has 28 heavy (non-hydrogen) atoms. The Balaban J connectivity index is 1.51. The molecular formula is C22H24N4O2. The molecule has 2 aromatic heterocycles. The second-order valence-electron chi connectivity index (χ2n) is 7.53. The van der Waals surface area contributed by atoms with E-state index in [2.05, 4.69) is 15.1 Å². The minimum absolute atomic E-state index is 0.0334. The maximum absolute atomic E-state index is 13.1. The minimum atomic E-state index is 0.0334. The molecule has 3 heterocycles. The van der Waals surface area contributed by atoms with Crippen LogP contribution in [0.5, 0.6) is 0 Å². The molecule has 0 bridgehead atoms. The summed E-state index contributed by atoms with van der Waals surface area (Å²) in [6, 6.07) is 13.4. The monoisotopic (exact) mass is 376 g/mol. The molecule has 1 unspecified atom stereocenters. The van der Waals surface area contributed by atoms with E-state index in [0.29, 0.717) is 18.0 Å². The summed E-state index contributed by atoms with van der Waals surface area (Å²) in [6.45, 7) is 5.43. The lowest BCUT2D eigenvalue weighted by Crippen LogP contribution is -2.39. The fraction of sp³-hybridized carbons (Fsp3) is 0.364. The quantitative estimate of drug-likeness (QED) is 0.680. The molecule has 0 aliphatic carbocycles. The van der Waals surface area contributed by atoms with Crippen LogP contribution >= 0.6 is 0 Å². The second kappa shape index (κ2) is 7.92. The van der Waals surface area contributed by atoms with E-state index in [-0.39, 0.29) is 17.7 Å². The predicted octanol–water partition coefficient (Wildman–Crippen LogP) is 4.27. The van der Waals surface area contributed by atoms with Crippen LogP contribution < -0.4 is 0 Å². The van der Waals surface area contributed by atoms with E-state index in [4.69, 9.17) is 4.52 Å². The van der Waals surface area contributed by atoms with Gasteiger partial charge >= 0.3 is 0 Å². The van der Waals surface area contributed by atoms with Crippen molar-refractivity contribution in [3.05, 3.63) is 65.9 Å². The topological polar surface area (TPSA) is 72.1 Å². The lowest BCUT2D eigenvalue weighted by Gasteiger charge is -2.31. The van der Waals surface area contributed by atoms with E-state index in [1.807, 2.05) is 61.2 Å². The third-order valence-electron chi connectivity index (χ3n) is 5.10. The Morgan fingerprint density at radius 3 is 2.86 bits per heavy atom. The maximum atomic E-state index is 13.1. The Labute approximate surface area is 164 Å². The lowest BCUT2D eigenvalue weighted by atomic mass is 9.97. The highest BCUT2D eigenvalue weighted by atomic mass is 16.5. The summed E-state index contributed by atoms with van der Waals surface area (Å²) in [5.74, 6) is 1.72. The van der Waals surface area contributed by atoms with Crippen molar-refractivity contribution in [2.45, 2.75) is 38.5 Å². The first-order valence-electron chi connectivity index (χ1n) is 9.76. The number of aromatic nitrogens is 3. The van der Waals surface area contributed by atoms with Gasteiger partial charge in [-0.3, -0.25) is 9.78 Å². The number of rotatable bonds is 4. The molecule has 1 saturated heterocycles. The molecule has 144 valence electrons. The Morgan fingerprint density at radius 1 is 1.21 bits per heavy atom. The number of carbonyl (C=O) groups excluding carboxylic acids is 1. The standard InChI is InChI=1S/C22H24N4O2/c1-15(2)20-24-21(28-25-20)18-9-6-12-26(14-18)22(27)17-8-5-7-16(13-17)19-10-3-4-11-23-19/h3-5,7-8,10-11,13,15,18H,6,9,12,14H2,1-2H3. The van der Waals surface area contributed by atoms with Crippen LogP contribution in [-0.4, -0.2) is 39.0 Å². The number of piperidine rings is 1. The Kier molecular flexibility index (Phi) is 5.19. The van der Waals surface area contributed by atoms with Gasteiger partial charge in [0.15, 0.2) is 5.82 Å². The SMILES string of the molecule is CC(C)c1noc(C2CCCN(C(=O)c3cccc(-c4ccccn4)c3)C2)n1. The van der Waals surface area contributed by atoms with Crippen molar-refractivity contribution in [3.63, 3.8) is 0 Å². The van der Waals surface area contributed by atoms with Crippen molar-refractivity contribution in [2.75, 3.05) is 13.1 Å². The first-order chi connectivity index (χ1) is 13.6. The third kappa shape index (κ3) is 3.81. The summed E-state index contributed by atoms with van der Waals surface area (Å²) >= 11 is 0. The van der Waals surface area contributed by atoms with E-state index in [9.17, 15) is 4.79 Å². The summed E-state index contributed by atoms with van der Waals surface area (Å²) in [6.07, 6.45) is 3.64. The lowest BCUT2D eigenvalue weighted by molar-refractivity contribution is 0.0695. The van der Waals surface area contributed by atoms with Gasteiger partial charge in [0.05, 0.1) is 11.6 Å². The van der Waals surface area contributed by atoms with Crippen LogP contribution in [0.3, 0.4) is 0 Å². The van der Waals surface area contributed by atoms with E-state index in [0.717, 1.165) is 36.5 Å². The van der Waals surface area contributed by atoms with Gasteiger partial charge in [-0.05, 0) is 37.1 Å². The smallest absolute Gasteiger partial charge is 0.253 e. The fourth-order valence-electron chi connectivity index (χ4n) is 3.54. The van der Waals surface area contributed by atoms with Crippen LogP contribution in [0, 0.1) is 0 Å². The van der Waals surface area contributed by atoms with E-state index < -0.39 is 0 Å². The molecule has 0 spiro atoms. The van der Waals surface area contributed by atoms with Crippen molar-refractivity contribution >= 4 is 5.91 Å². The molecule has 3 aromatic rings. The average Bonchev–Trinajstić information content (AvgIpc) is 3.25. The Morgan fingerprint density at radius 2 is 2.11 bits per heavy atom. The number of amides is 1. The summed E-state index contributed by atoms with van der Waals surface area (Å²) < 4.78 is 5.47. The van der Waals surface area contributed by atoms with Gasteiger partial charge in [-0.25, -0.2) is 0 Å². The number of pyridine rings is 1. The summed E-state index contributed by atoms with van der Waals surface area (Å²) in [5.41, 5.74) is 2.48. The molecule has 1 fully saturated rings. The first-order valence-corrected chi connectivity index (χ1v) is 9.76. The molecule has 0 N–H and O–H groups in total. The van der Waals surface area contributed by atoms with Crippen LogP contribution in [-0.2, 0) is 0 Å². The highest BCUT2D eigenvalue weighted by molar-refractivity contribution is 5.95. The largest absolute Gasteiger partial charge is 0.339 e. The zero-order chi connectivity index (χ0) is 19.5. The third-order valence-corrected chi connectivity index (χ3v) is 5.10. The van der Waals surface area contributed by atoms with Gasteiger partial charge in [0, 0.05) is 36.3 Å². The van der Waals surface area contributed by atoms with Gasteiger partial charge in [-0.2, -0.15) is 4.98 Å². The zero-order valence-corrected chi connectivity index (χ0v) is 16.2. The Hall–Kier alpha value is -3.02. The molecule has 6 nitrogen and oxygen atoms in total. The van der Waals surface area contributed by atoms with Gasteiger partial charge in [-0.15, -0.1) is 0 Å². The number of benzene rings is 1. The number of hydrogen-bond acceptors (Lipinski definition) is 5. The molecule has 1 atom stereocenters. The molecule has 1 aliphatic heterocycles. The first kappa shape index (κ1) is 18.3. The molecule has 1 amide bonds. The van der Waals surface area contributed by atoms with E-state index in [1.165, 1.54) is 0 Å². The van der Waals surface area contributed by atoms with E-state index in [1.54, 1.807) is 6.20 Å².